The zero-order valence-electron chi connectivity index (χ0n) is 16.8. The van der Waals surface area contributed by atoms with Gasteiger partial charge >= 0.3 is 0 Å². The van der Waals surface area contributed by atoms with E-state index in [-0.39, 0.29) is 28.5 Å². The van der Waals surface area contributed by atoms with Gasteiger partial charge in [0, 0.05) is 12.1 Å². The van der Waals surface area contributed by atoms with Crippen LogP contribution in [0.4, 0.5) is 4.39 Å². The number of aliphatic hydroxyl groups excluding tert-OH is 1. The molecule has 1 amide bonds. The van der Waals surface area contributed by atoms with Crippen LogP contribution in [0, 0.1) is 5.82 Å². The molecule has 1 aliphatic rings. The first-order valence-electron chi connectivity index (χ1n) is 9.90. The van der Waals surface area contributed by atoms with E-state index in [0.29, 0.717) is 17.0 Å². The lowest BCUT2D eigenvalue weighted by Gasteiger charge is -2.25. The molecular weight excluding hydrogens is 452 g/mol. The fourth-order valence-electron chi connectivity index (χ4n) is 3.80. The number of carbonyl (C=O) groups excluding carboxylic acids is 2. The summed E-state index contributed by atoms with van der Waals surface area (Å²) in [4.78, 5) is 27.4. The van der Waals surface area contributed by atoms with E-state index in [9.17, 15) is 19.1 Å². The molecule has 0 radical (unpaired) electrons. The van der Waals surface area contributed by atoms with Crippen LogP contribution < -0.4 is 0 Å². The van der Waals surface area contributed by atoms with Crippen molar-refractivity contribution >= 4 is 40.7 Å². The van der Waals surface area contributed by atoms with Crippen LogP contribution in [0.2, 0.25) is 10.0 Å². The van der Waals surface area contributed by atoms with Crippen molar-refractivity contribution < 1.29 is 19.1 Å². The predicted molar refractivity (Wildman–Crippen MR) is 122 cm³/mol. The summed E-state index contributed by atoms with van der Waals surface area (Å²) in [5, 5.41) is 11.5. The number of benzene rings is 3. The summed E-state index contributed by atoms with van der Waals surface area (Å²) in [6.07, 6.45) is 0.516. The van der Waals surface area contributed by atoms with Crippen molar-refractivity contribution in [2.45, 2.75) is 12.5 Å². The Labute approximate surface area is 194 Å². The van der Waals surface area contributed by atoms with Gasteiger partial charge in [0.15, 0.2) is 0 Å². The number of amides is 1. The molecule has 1 atom stereocenters. The van der Waals surface area contributed by atoms with E-state index in [2.05, 4.69) is 0 Å². The van der Waals surface area contributed by atoms with Gasteiger partial charge in [-0.25, -0.2) is 4.39 Å². The Kier molecular flexibility index (Phi) is 6.31. The maximum atomic E-state index is 13.4. The summed E-state index contributed by atoms with van der Waals surface area (Å²) in [7, 11) is 0. The van der Waals surface area contributed by atoms with E-state index in [1.54, 1.807) is 18.2 Å². The van der Waals surface area contributed by atoms with Gasteiger partial charge < -0.3 is 10.0 Å². The Morgan fingerprint density at radius 3 is 2.28 bits per heavy atom. The number of Topliss-reactive ketones (excluding diaryl/α,β-unsaturated/α-hetero) is 1. The second-order valence-electron chi connectivity index (χ2n) is 7.41. The zero-order valence-corrected chi connectivity index (χ0v) is 18.3. The maximum Gasteiger partial charge on any atom is 0.295 e. The van der Waals surface area contributed by atoms with Gasteiger partial charge in [0.25, 0.3) is 11.7 Å². The molecule has 0 aromatic heterocycles. The normalized spacial score (nSPS) is 17.7. The molecule has 3 aromatic rings. The van der Waals surface area contributed by atoms with E-state index < -0.39 is 23.5 Å². The molecule has 1 heterocycles. The fraction of sp³-hybridized carbons (Fsp3) is 0.120. The Hall–Kier alpha value is -3.15. The molecule has 1 aliphatic heterocycles. The smallest absolute Gasteiger partial charge is 0.295 e. The summed E-state index contributed by atoms with van der Waals surface area (Å²) in [6, 6.07) is 18.6. The molecule has 7 heteroatoms. The van der Waals surface area contributed by atoms with E-state index in [0.717, 1.165) is 5.56 Å². The number of rotatable bonds is 5. The summed E-state index contributed by atoms with van der Waals surface area (Å²) in [5.74, 6) is -2.39. The highest BCUT2D eigenvalue weighted by atomic mass is 35.5. The molecule has 0 saturated carbocycles. The molecule has 0 bridgehead atoms. The topological polar surface area (TPSA) is 57.6 Å². The van der Waals surface area contributed by atoms with Crippen molar-refractivity contribution in [3.63, 3.8) is 0 Å². The van der Waals surface area contributed by atoms with Crippen molar-refractivity contribution in [2.24, 2.45) is 0 Å². The van der Waals surface area contributed by atoms with Gasteiger partial charge in [-0.05, 0) is 53.9 Å². The van der Waals surface area contributed by atoms with Crippen molar-refractivity contribution in [1.82, 2.24) is 4.90 Å². The molecule has 3 aromatic carbocycles. The lowest BCUT2D eigenvalue weighted by molar-refractivity contribution is -0.139. The third-order valence-electron chi connectivity index (χ3n) is 5.40. The SMILES string of the molecule is O=C1C(=O)N(CCc2ccccc2)C(c2ccc(Cl)c(Cl)c2)C1=C(O)c1ccc(F)cc1. The first-order chi connectivity index (χ1) is 15.4. The third kappa shape index (κ3) is 4.27. The number of nitrogens with zero attached hydrogens (tertiary/aromatic N) is 1. The first-order valence-corrected chi connectivity index (χ1v) is 10.7. The fourth-order valence-corrected chi connectivity index (χ4v) is 4.10. The number of ketones is 1. The van der Waals surface area contributed by atoms with Gasteiger partial charge in [0.05, 0.1) is 21.7 Å². The monoisotopic (exact) mass is 469 g/mol. The number of likely N-dealkylation sites (tertiary alicyclic amines) is 1. The van der Waals surface area contributed by atoms with Crippen LogP contribution in [0.25, 0.3) is 5.76 Å². The molecule has 1 fully saturated rings. The number of hydrogen-bond donors (Lipinski definition) is 1. The standard InChI is InChI=1S/C25H18Cl2FNO3/c26-19-11-8-17(14-20(19)27)22-21(23(30)16-6-9-18(28)10-7-16)24(31)25(32)29(22)13-12-15-4-2-1-3-5-15/h1-11,14,22,30H,12-13H2. The van der Waals surface area contributed by atoms with Crippen molar-refractivity contribution in [3.8, 4) is 0 Å². The Bertz CT molecular complexity index is 1210. The molecule has 0 aliphatic carbocycles. The number of aliphatic hydroxyl groups is 1. The Balaban J connectivity index is 1.81. The number of hydrogen-bond acceptors (Lipinski definition) is 3. The average molecular weight is 470 g/mol. The number of halogens is 3. The minimum atomic E-state index is -0.862. The molecular formula is C25H18Cl2FNO3. The minimum absolute atomic E-state index is 0.0759. The third-order valence-corrected chi connectivity index (χ3v) is 6.14. The van der Waals surface area contributed by atoms with Gasteiger partial charge in [0.1, 0.15) is 11.6 Å². The molecule has 1 N–H and O–H groups in total. The van der Waals surface area contributed by atoms with Crippen LogP contribution in [-0.2, 0) is 16.0 Å². The van der Waals surface area contributed by atoms with Crippen molar-refractivity contribution in [3.05, 3.63) is 111 Å². The van der Waals surface area contributed by atoms with Crippen LogP contribution >= 0.6 is 23.2 Å². The van der Waals surface area contributed by atoms with Gasteiger partial charge in [-0.1, -0.05) is 59.6 Å². The van der Waals surface area contributed by atoms with Gasteiger partial charge in [-0.15, -0.1) is 0 Å². The quantitative estimate of drug-likeness (QED) is 0.292. The molecule has 162 valence electrons. The van der Waals surface area contributed by atoms with Crippen LogP contribution in [-0.4, -0.2) is 28.2 Å². The average Bonchev–Trinajstić information content (AvgIpc) is 3.05. The molecule has 4 nitrogen and oxygen atoms in total. The maximum absolute atomic E-state index is 13.4. The van der Waals surface area contributed by atoms with Crippen LogP contribution in [0.5, 0.6) is 0 Å². The second kappa shape index (κ2) is 9.15. The molecule has 1 unspecified atom stereocenters. The van der Waals surface area contributed by atoms with E-state index >= 15 is 0 Å². The largest absolute Gasteiger partial charge is 0.507 e. The van der Waals surface area contributed by atoms with Gasteiger partial charge in [0.2, 0.25) is 0 Å². The molecule has 1 saturated heterocycles. The summed E-state index contributed by atoms with van der Waals surface area (Å²) in [6.45, 7) is 0.250. The van der Waals surface area contributed by atoms with E-state index in [1.807, 2.05) is 30.3 Å². The molecule has 4 rings (SSSR count). The Morgan fingerprint density at radius 1 is 0.938 bits per heavy atom. The zero-order chi connectivity index (χ0) is 22.8. The van der Waals surface area contributed by atoms with Crippen molar-refractivity contribution in [2.75, 3.05) is 6.54 Å². The van der Waals surface area contributed by atoms with E-state index in [1.165, 1.54) is 29.2 Å². The van der Waals surface area contributed by atoms with E-state index in [4.69, 9.17) is 23.2 Å². The van der Waals surface area contributed by atoms with Crippen molar-refractivity contribution in [1.29, 1.82) is 0 Å². The highest BCUT2D eigenvalue weighted by molar-refractivity contribution is 6.46. The Morgan fingerprint density at radius 2 is 1.62 bits per heavy atom. The second-order valence-corrected chi connectivity index (χ2v) is 8.22. The molecule has 32 heavy (non-hydrogen) atoms. The van der Waals surface area contributed by atoms with Crippen LogP contribution in [0.3, 0.4) is 0 Å². The summed E-state index contributed by atoms with van der Waals surface area (Å²) < 4.78 is 13.4. The van der Waals surface area contributed by atoms with Gasteiger partial charge in [-0.3, -0.25) is 9.59 Å². The summed E-state index contributed by atoms with van der Waals surface area (Å²) >= 11 is 12.3. The van der Waals surface area contributed by atoms with Crippen LogP contribution in [0.15, 0.2) is 78.4 Å². The summed E-state index contributed by atoms with van der Waals surface area (Å²) in [5.41, 5.74) is 1.70. The highest BCUT2D eigenvalue weighted by Gasteiger charge is 2.46. The predicted octanol–water partition coefficient (Wildman–Crippen LogP) is 5.80. The lowest BCUT2D eigenvalue weighted by Crippen LogP contribution is -2.31. The minimum Gasteiger partial charge on any atom is -0.507 e. The van der Waals surface area contributed by atoms with Gasteiger partial charge in [-0.2, -0.15) is 0 Å². The highest BCUT2D eigenvalue weighted by Crippen LogP contribution is 2.41. The molecule has 0 spiro atoms. The van der Waals surface area contributed by atoms with Crippen LogP contribution in [0.1, 0.15) is 22.7 Å². The lowest BCUT2D eigenvalue weighted by atomic mass is 9.95. The first kappa shape index (κ1) is 22.1. The number of carbonyl (C=O) groups is 2.